The van der Waals surface area contributed by atoms with Gasteiger partial charge in [-0.2, -0.15) is 0 Å². The summed E-state index contributed by atoms with van der Waals surface area (Å²) >= 11 is 0. The van der Waals surface area contributed by atoms with Crippen molar-refractivity contribution < 1.29 is 33.5 Å². The summed E-state index contributed by atoms with van der Waals surface area (Å²) in [6.07, 6.45) is 6.10. The van der Waals surface area contributed by atoms with Crippen LogP contribution in [0.3, 0.4) is 0 Å². The van der Waals surface area contributed by atoms with Crippen LogP contribution in [0.5, 0.6) is 11.5 Å². The van der Waals surface area contributed by atoms with Crippen LogP contribution in [0.4, 0.5) is 5.69 Å². The van der Waals surface area contributed by atoms with E-state index in [1.165, 1.54) is 6.92 Å². The molecule has 40 heavy (non-hydrogen) atoms. The number of carbonyl (C=O) groups excluding carboxylic acids is 2. The minimum absolute atomic E-state index is 0.0509. The molecule has 10 nitrogen and oxygen atoms in total. The van der Waals surface area contributed by atoms with Gasteiger partial charge in [-0.15, -0.1) is 0 Å². The molecule has 3 atom stereocenters. The highest BCUT2D eigenvalue weighted by Crippen LogP contribution is 2.42. The number of anilines is 1. The first-order chi connectivity index (χ1) is 19.2. The molecule has 0 bridgehead atoms. The number of hydrogen-bond donors (Lipinski definition) is 1. The number of carboxylic acid groups (broad SMARTS) is 1. The van der Waals surface area contributed by atoms with Crippen LogP contribution in [0.25, 0.3) is 0 Å². The topological polar surface area (TPSA) is 104 Å². The molecule has 2 aromatic rings. The molecule has 2 amide bonds. The van der Waals surface area contributed by atoms with Gasteiger partial charge >= 0.3 is 5.97 Å². The number of nitrogens with zero attached hydrogens (tertiary/aromatic N) is 4. The van der Waals surface area contributed by atoms with E-state index in [0.717, 1.165) is 24.1 Å². The van der Waals surface area contributed by atoms with E-state index in [-0.39, 0.29) is 31.1 Å². The van der Waals surface area contributed by atoms with Crippen molar-refractivity contribution in [2.75, 3.05) is 44.4 Å². The fourth-order valence-corrected chi connectivity index (χ4v) is 5.87. The molecule has 1 fully saturated rings. The number of hydrogen-bond acceptors (Lipinski definition) is 6. The Bertz CT molecular complexity index is 1220. The zero-order chi connectivity index (χ0) is 28.8. The van der Waals surface area contributed by atoms with Crippen LogP contribution in [0.1, 0.15) is 51.5 Å². The third-order valence-corrected chi connectivity index (χ3v) is 7.99. The smallest absolute Gasteiger partial charge is 0.308 e. The summed E-state index contributed by atoms with van der Waals surface area (Å²) in [4.78, 5) is 44.3. The average molecular weight is 554 g/mol. The van der Waals surface area contributed by atoms with E-state index in [2.05, 4.69) is 6.92 Å². The number of benzene rings is 1. The van der Waals surface area contributed by atoms with Gasteiger partial charge in [0.15, 0.2) is 23.9 Å². The Morgan fingerprint density at radius 3 is 2.58 bits per heavy atom. The average Bonchev–Trinajstić information content (AvgIpc) is 3.53. The molecule has 2 aliphatic heterocycles. The van der Waals surface area contributed by atoms with Crippen LogP contribution < -0.4 is 18.9 Å². The summed E-state index contributed by atoms with van der Waals surface area (Å²) in [6, 6.07) is 8.98. The van der Waals surface area contributed by atoms with E-state index in [1.807, 2.05) is 66.2 Å². The molecule has 4 rings (SSSR count). The van der Waals surface area contributed by atoms with Gasteiger partial charge in [-0.05, 0) is 43.5 Å². The summed E-state index contributed by atoms with van der Waals surface area (Å²) < 4.78 is 12.9. The van der Waals surface area contributed by atoms with Crippen molar-refractivity contribution in [3.63, 3.8) is 0 Å². The summed E-state index contributed by atoms with van der Waals surface area (Å²) in [5.74, 6) is -0.896. The highest BCUT2D eigenvalue weighted by atomic mass is 16.7. The molecule has 0 radical (unpaired) electrons. The van der Waals surface area contributed by atoms with E-state index < -0.39 is 17.9 Å². The molecule has 10 heteroatoms. The fraction of sp³-hybridized carbons (Fsp3) is 0.533. The second-order valence-corrected chi connectivity index (χ2v) is 10.6. The molecule has 3 heterocycles. The van der Waals surface area contributed by atoms with Crippen molar-refractivity contribution in [3.05, 3.63) is 48.3 Å². The molecular weight excluding hydrogens is 512 g/mol. The highest BCUT2D eigenvalue weighted by molar-refractivity contribution is 5.94. The van der Waals surface area contributed by atoms with Crippen molar-refractivity contribution in [2.45, 2.75) is 52.0 Å². The van der Waals surface area contributed by atoms with E-state index in [0.29, 0.717) is 44.1 Å². The molecule has 0 spiro atoms. The van der Waals surface area contributed by atoms with Crippen LogP contribution in [0.2, 0.25) is 0 Å². The van der Waals surface area contributed by atoms with Gasteiger partial charge in [0.05, 0.1) is 12.5 Å². The predicted molar refractivity (Wildman–Crippen MR) is 149 cm³/mol. The Balaban J connectivity index is 1.64. The molecule has 216 valence electrons. The zero-order valence-electron chi connectivity index (χ0n) is 23.9. The summed E-state index contributed by atoms with van der Waals surface area (Å²) in [5, 5.41) is 10.5. The van der Waals surface area contributed by atoms with Gasteiger partial charge in [0.2, 0.25) is 18.6 Å². The SMILES string of the molecule is CCCCN(C(=O)CN1C[C@H](c2ccc3c(c2)OCO3)[C@@H](C(=O)O)[C@@H]1CCN(CC)C(C)=O)c1ccc[n+](C)c1. The molecule has 1 aromatic heterocycles. The van der Waals surface area contributed by atoms with Crippen molar-refractivity contribution >= 4 is 23.5 Å². The van der Waals surface area contributed by atoms with Crippen LogP contribution in [-0.4, -0.2) is 78.2 Å². The number of aromatic nitrogens is 1. The van der Waals surface area contributed by atoms with Gasteiger partial charge in [-0.3, -0.25) is 19.3 Å². The van der Waals surface area contributed by atoms with Crippen LogP contribution in [0, 0.1) is 5.92 Å². The molecule has 0 unspecified atom stereocenters. The van der Waals surface area contributed by atoms with Gasteiger partial charge < -0.3 is 24.4 Å². The number of unbranched alkanes of at least 4 members (excludes halogenated alkanes) is 1. The number of ether oxygens (including phenoxy) is 2. The Kier molecular flexibility index (Phi) is 9.63. The molecule has 0 saturated carbocycles. The third-order valence-electron chi connectivity index (χ3n) is 7.99. The maximum Gasteiger partial charge on any atom is 0.308 e. The maximum atomic E-state index is 13.9. The Morgan fingerprint density at radius 2 is 1.90 bits per heavy atom. The second-order valence-electron chi connectivity index (χ2n) is 10.6. The second kappa shape index (κ2) is 13.1. The first-order valence-electron chi connectivity index (χ1n) is 14.1. The first kappa shape index (κ1) is 29.3. The quantitative estimate of drug-likeness (QED) is 0.403. The van der Waals surface area contributed by atoms with Gasteiger partial charge in [0.1, 0.15) is 12.7 Å². The van der Waals surface area contributed by atoms with Crippen LogP contribution in [0.15, 0.2) is 42.7 Å². The molecule has 2 aliphatic rings. The summed E-state index contributed by atoms with van der Waals surface area (Å²) in [7, 11) is 1.92. The number of pyridine rings is 1. The van der Waals surface area contributed by atoms with Crippen LogP contribution >= 0.6 is 0 Å². The van der Waals surface area contributed by atoms with Crippen LogP contribution in [-0.2, 0) is 21.4 Å². The maximum absolute atomic E-state index is 13.9. The van der Waals surface area contributed by atoms with Gasteiger partial charge in [-0.1, -0.05) is 19.4 Å². The molecule has 1 saturated heterocycles. The van der Waals surface area contributed by atoms with Crippen molar-refractivity contribution in [2.24, 2.45) is 13.0 Å². The molecule has 0 aliphatic carbocycles. The number of amides is 2. The number of fused-ring (bicyclic) bond motifs is 1. The number of aliphatic carboxylic acids is 1. The first-order valence-corrected chi connectivity index (χ1v) is 14.1. The number of aryl methyl sites for hydroxylation is 1. The van der Waals surface area contributed by atoms with Crippen molar-refractivity contribution in [3.8, 4) is 11.5 Å². The van der Waals surface area contributed by atoms with Crippen molar-refractivity contribution in [1.29, 1.82) is 0 Å². The Morgan fingerprint density at radius 1 is 1.12 bits per heavy atom. The molecule has 1 N–H and O–H groups in total. The lowest BCUT2D eigenvalue weighted by molar-refractivity contribution is -0.670. The van der Waals surface area contributed by atoms with Gasteiger partial charge in [-0.25, -0.2) is 4.57 Å². The minimum atomic E-state index is -0.911. The predicted octanol–water partition coefficient (Wildman–Crippen LogP) is 2.80. The van der Waals surface area contributed by atoms with Crippen molar-refractivity contribution in [1.82, 2.24) is 9.80 Å². The standard InChI is InChI=1S/C30H40N4O6/c1-5-7-14-34(23-9-8-13-31(4)17-23)28(36)19-33-18-24(22-10-11-26-27(16-22)40-20-39-26)29(30(37)38)25(33)12-15-32(6-2)21(3)35/h8-11,13,16-17,24-25,29H,5-7,12,14-15,18-20H2,1-4H3/p+1/t24-,25+,29-/m1/s1. The largest absolute Gasteiger partial charge is 0.481 e. The number of carbonyl (C=O) groups is 3. The number of likely N-dealkylation sites (tertiary alicyclic amines) is 1. The lowest BCUT2D eigenvalue weighted by Gasteiger charge is -2.31. The molecular formula is C30H41N4O6+. The van der Waals surface area contributed by atoms with E-state index in [9.17, 15) is 19.5 Å². The monoisotopic (exact) mass is 553 g/mol. The highest BCUT2D eigenvalue weighted by Gasteiger charge is 2.47. The van der Waals surface area contributed by atoms with E-state index in [1.54, 1.807) is 9.80 Å². The number of carboxylic acids is 1. The lowest BCUT2D eigenvalue weighted by atomic mass is 9.84. The fourth-order valence-electron chi connectivity index (χ4n) is 5.87. The number of rotatable bonds is 12. The summed E-state index contributed by atoms with van der Waals surface area (Å²) in [6.45, 7) is 7.70. The zero-order valence-corrected chi connectivity index (χ0v) is 23.9. The van der Waals surface area contributed by atoms with E-state index >= 15 is 0 Å². The third kappa shape index (κ3) is 6.55. The lowest BCUT2D eigenvalue weighted by Crippen LogP contribution is -2.46. The normalized spacial score (nSPS) is 19.9. The van der Waals surface area contributed by atoms with Gasteiger partial charge in [0.25, 0.3) is 0 Å². The summed E-state index contributed by atoms with van der Waals surface area (Å²) in [5.41, 5.74) is 1.66. The van der Waals surface area contributed by atoms with E-state index in [4.69, 9.17) is 9.47 Å². The molecule has 1 aromatic carbocycles. The Labute approximate surface area is 236 Å². The minimum Gasteiger partial charge on any atom is -0.481 e. The van der Waals surface area contributed by atoms with Gasteiger partial charge in [0, 0.05) is 51.1 Å². The Hall–Kier alpha value is -3.66.